The average Bonchev–Trinajstić information content (AvgIpc) is 2.69. The minimum absolute atomic E-state index is 0.0872. The van der Waals surface area contributed by atoms with Crippen LogP contribution in [0.2, 0.25) is 0 Å². The summed E-state index contributed by atoms with van der Waals surface area (Å²) in [7, 11) is 1.46. The van der Waals surface area contributed by atoms with Gasteiger partial charge in [-0.1, -0.05) is 6.92 Å². The Bertz CT molecular complexity index is 307. The molecule has 3 N–H and O–H groups in total. The van der Waals surface area contributed by atoms with Gasteiger partial charge in [-0.25, -0.2) is 0 Å². The highest BCUT2D eigenvalue weighted by atomic mass is 16.5. The van der Waals surface area contributed by atoms with Crippen molar-refractivity contribution in [2.24, 2.45) is 17.8 Å². The van der Waals surface area contributed by atoms with Gasteiger partial charge in [0.2, 0.25) is 5.91 Å². The number of carbonyl (C=O) groups excluding carboxylic acids is 1. The molecule has 1 rings (SSSR count). The summed E-state index contributed by atoms with van der Waals surface area (Å²) in [5.74, 6) is -2.07. The van der Waals surface area contributed by atoms with Gasteiger partial charge in [-0.2, -0.15) is 0 Å². The first-order valence-electron chi connectivity index (χ1n) is 6.13. The van der Waals surface area contributed by atoms with Crippen LogP contribution >= 0.6 is 0 Å². The first kappa shape index (κ1) is 14.9. The smallest absolute Gasteiger partial charge is 0.307 e. The van der Waals surface area contributed by atoms with Crippen LogP contribution in [0.4, 0.5) is 0 Å². The van der Waals surface area contributed by atoms with Gasteiger partial charge in [0.15, 0.2) is 0 Å². The van der Waals surface area contributed by atoms with E-state index in [-0.39, 0.29) is 25.0 Å². The number of aliphatic hydroxyl groups is 1. The van der Waals surface area contributed by atoms with Crippen LogP contribution < -0.4 is 5.32 Å². The highest BCUT2D eigenvalue weighted by molar-refractivity contribution is 5.85. The molecule has 2 unspecified atom stereocenters. The topological polar surface area (TPSA) is 95.9 Å². The fourth-order valence-electron chi connectivity index (χ4n) is 2.46. The van der Waals surface area contributed by atoms with E-state index >= 15 is 0 Å². The maximum atomic E-state index is 11.9. The Balaban J connectivity index is 2.47. The van der Waals surface area contributed by atoms with E-state index in [9.17, 15) is 14.7 Å². The van der Waals surface area contributed by atoms with Gasteiger partial charge in [0.1, 0.15) is 0 Å². The van der Waals surface area contributed by atoms with Crippen molar-refractivity contribution in [3.8, 4) is 0 Å². The molecule has 0 radical (unpaired) electrons. The first-order valence-corrected chi connectivity index (χ1v) is 6.13. The molecule has 0 bridgehead atoms. The van der Waals surface area contributed by atoms with E-state index in [0.29, 0.717) is 12.8 Å². The van der Waals surface area contributed by atoms with E-state index in [1.807, 2.05) is 6.92 Å². The minimum Gasteiger partial charge on any atom is -0.481 e. The zero-order valence-corrected chi connectivity index (χ0v) is 10.8. The molecule has 0 aromatic rings. The molecule has 1 aliphatic carbocycles. The number of carboxylic acid groups (broad SMARTS) is 1. The number of aliphatic hydroxyl groups excluding tert-OH is 1. The zero-order chi connectivity index (χ0) is 13.7. The predicted molar refractivity (Wildman–Crippen MR) is 63.9 cm³/mol. The largest absolute Gasteiger partial charge is 0.481 e. The van der Waals surface area contributed by atoms with Crippen LogP contribution in [0.5, 0.6) is 0 Å². The highest BCUT2D eigenvalue weighted by Gasteiger charge is 2.41. The molecule has 1 amide bonds. The van der Waals surface area contributed by atoms with Crippen molar-refractivity contribution in [1.82, 2.24) is 5.32 Å². The molecule has 0 aromatic heterocycles. The number of methoxy groups -OCH3 is 1. The third-order valence-corrected chi connectivity index (χ3v) is 3.32. The highest BCUT2D eigenvalue weighted by Crippen LogP contribution is 2.36. The fourth-order valence-corrected chi connectivity index (χ4v) is 2.46. The Morgan fingerprint density at radius 2 is 2.00 bits per heavy atom. The Labute approximate surface area is 106 Å². The molecular weight excluding hydrogens is 238 g/mol. The lowest BCUT2D eigenvalue weighted by Crippen LogP contribution is -2.40. The molecule has 6 nitrogen and oxygen atoms in total. The monoisotopic (exact) mass is 259 g/mol. The lowest BCUT2D eigenvalue weighted by molar-refractivity contribution is -0.146. The van der Waals surface area contributed by atoms with Crippen LogP contribution in [-0.2, 0) is 14.3 Å². The Kier molecular flexibility index (Phi) is 5.55. The van der Waals surface area contributed by atoms with Crippen LogP contribution in [0.3, 0.4) is 0 Å². The third-order valence-electron chi connectivity index (χ3n) is 3.32. The van der Waals surface area contributed by atoms with Gasteiger partial charge in [0.05, 0.1) is 24.5 Å². The van der Waals surface area contributed by atoms with Crippen molar-refractivity contribution in [2.75, 3.05) is 20.3 Å². The normalized spacial score (nSPS) is 28.9. The lowest BCUT2D eigenvalue weighted by Gasteiger charge is -2.17. The summed E-state index contributed by atoms with van der Waals surface area (Å²) in [4.78, 5) is 22.9. The van der Waals surface area contributed by atoms with Crippen molar-refractivity contribution in [2.45, 2.75) is 25.9 Å². The second kappa shape index (κ2) is 6.70. The molecule has 1 fully saturated rings. The number of aliphatic carboxylic acids is 1. The van der Waals surface area contributed by atoms with E-state index < -0.39 is 23.9 Å². The van der Waals surface area contributed by atoms with Gasteiger partial charge < -0.3 is 20.3 Å². The molecule has 0 aliphatic heterocycles. The van der Waals surface area contributed by atoms with Crippen LogP contribution in [0.15, 0.2) is 0 Å². The molecule has 18 heavy (non-hydrogen) atoms. The number of carboxylic acids is 1. The summed E-state index contributed by atoms with van der Waals surface area (Å²) in [5, 5.41) is 21.1. The van der Waals surface area contributed by atoms with E-state index in [1.54, 1.807) is 0 Å². The van der Waals surface area contributed by atoms with E-state index in [1.165, 1.54) is 7.11 Å². The maximum Gasteiger partial charge on any atom is 0.307 e. The molecule has 1 saturated carbocycles. The number of hydrogen-bond acceptors (Lipinski definition) is 4. The summed E-state index contributed by atoms with van der Waals surface area (Å²) >= 11 is 0. The summed E-state index contributed by atoms with van der Waals surface area (Å²) in [6, 6.07) is 0. The molecular formula is C12H21NO5. The number of carbonyl (C=O) groups is 2. The second-order valence-corrected chi connectivity index (χ2v) is 4.98. The molecule has 6 heteroatoms. The number of hydrogen-bond donors (Lipinski definition) is 3. The van der Waals surface area contributed by atoms with Crippen molar-refractivity contribution in [3.05, 3.63) is 0 Å². The average molecular weight is 259 g/mol. The van der Waals surface area contributed by atoms with E-state index in [4.69, 9.17) is 9.84 Å². The molecule has 104 valence electrons. The van der Waals surface area contributed by atoms with Gasteiger partial charge in [-0.15, -0.1) is 0 Å². The summed E-state index contributed by atoms with van der Waals surface area (Å²) < 4.78 is 4.74. The second-order valence-electron chi connectivity index (χ2n) is 4.98. The zero-order valence-electron chi connectivity index (χ0n) is 10.8. The molecule has 0 saturated heterocycles. The first-order chi connectivity index (χ1) is 8.45. The van der Waals surface area contributed by atoms with Crippen molar-refractivity contribution in [3.63, 3.8) is 0 Å². The molecule has 0 aromatic carbocycles. The van der Waals surface area contributed by atoms with E-state index in [0.717, 1.165) is 0 Å². The minimum atomic E-state index is -0.920. The SMILES string of the molecule is COCC(O)CNC(=O)[C@H]1CC(C)C[C@H]1C(=O)O. The Morgan fingerprint density at radius 1 is 1.39 bits per heavy atom. The van der Waals surface area contributed by atoms with Crippen molar-refractivity contribution in [1.29, 1.82) is 0 Å². The summed E-state index contributed by atoms with van der Waals surface area (Å²) in [6.45, 7) is 2.18. The van der Waals surface area contributed by atoms with Gasteiger partial charge >= 0.3 is 5.97 Å². The van der Waals surface area contributed by atoms with Gasteiger partial charge in [-0.05, 0) is 18.8 Å². The number of rotatable bonds is 6. The molecule has 0 heterocycles. The van der Waals surface area contributed by atoms with Crippen LogP contribution in [0.1, 0.15) is 19.8 Å². The Hall–Kier alpha value is -1.14. The lowest BCUT2D eigenvalue weighted by atomic mass is 9.95. The third kappa shape index (κ3) is 3.96. The molecule has 4 atom stereocenters. The molecule has 1 aliphatic rings. The predicted octanol–water partition coefficient (Wildman–Crippen LogP) is -0.143. The van der Waals surface area contributed by atoms with Crippen molar-refractivity contribution >= 4 is 11.9 Å². The van der Waals surface area contributed by atoms with Crippen LogP contribution in [0, 0.1) is 17.8 Å². The summed E-state index contributed by atoms with van der Waals surface area (Å²) in [6.07, 6.45) is 0.359. The van der Waals surface area contributed by atoms with Crippen LogP contribution in [0.25, 0.3) is 0 Å². The van der Waals surface area contributed by atoms with Gasteiger partial charge in [0, 0.05) is 13.7 Å². The maximum absolute atomic E-state index is 11.9. The number of nitrogens with one attached hydrogen (secondary N) is 1. The molecule has 0 spiro atoms. The fraction of sp³-hybridized carbons (Fsp3) is 0.833. The van der Waals surface area contributed by atoms with Crippen molar-refractivity contribution < 1.29 is 24.5 Å². The van der Waals surface area contributed by atoms with Gasteiger partial charge in [-0.3, -0.25) is 9.59 Å². The number of amides is 1. The standard InChI is InChI=1S/C12H21NO5/c1-7-3-9(10(4-7)12(16)17)11(15)13-5-8(14)6-18-2/h7-10,14H,3-6H2,1-2H3,(H,13,15)(H,16,17)/t7?,8?,9-,10+/m0/s1. The van der Waals surface area contributed by atoms with Gasteiger partial charge in [0.25, 0.3) is 0 Å². The quantitative estimate of drug-likeness (QED) is 0.617. The summed E-state index contributed by atoms with van der Waals surface area (Å²) in [5.41, 5.74) is 0. The van der Waals surface area contributed by atoms with E-state index in [2.05, 4.69) is 5.32 Å². The number of ether oxygens (including phenoxy) is 1. The van der Waals surface area contributed by atoms with Crippen LogP contribution in [-0.4, -0.2) is 48.5 Å². The Morgan fingerprint density at radius 3 is 2.56 bits per heavy atom.